The van der Waals surface area contributed by atoms with Crippen molar-refractivity contribution in [2.75, 3.05) is 34.0 Å². The number of ether oxygens (including phenoxy) is 5. The van der Waals surface area contributed by atoms with Gasteiger partial charge in [0.15, 0.2) is 23.0 Å². The van der Waals surface area contributed by atoms with Gasteiger partial charge in [0.05, 0.1) is 34.0 Å². The van der Waals surface area contributed by atoms with Gasteiger partial charge < -0.3 is 23.7 Å². The summed E-state index contributed by atoms with van der Waals surface area (Å²) in [5.74, 6) is 3.43. The maximum absolute atomic E-state index is 6.36. The molecule has 0 aromatic heterocycles. The lowest BCUT2D eigenvalue weighted by Crippen LogP contribution is -2.30. The maximum Gasteiger partial charge on any atom is 0.161 e. The summed E-state index contributed by atoms with van der Waals surface area (Å²) in [6.07, 6.45) is 2.64. The summed E-state index contributed by atoms with van der Waals surface area (Å²) in [6, 6.07) is 33.2. The third-order valence-corrected chi connectivity index (χ3v) is 8.01. The highest BCUT2D eigenvalue weighted by molar-refractivity contribution is 5.44. The number of methoxy groups -OCH3 is 2. The molecule has 0 amide bonds. The van der Waals surface area contributed by atoms with Crippen LogP contribution in [-0.2, 0) is 30.6 Å². The normalized spacial score (nSPS) is 18.2. The Kier molecular flexibility index (Phi) is 9.48. The van der Waals surface area contributed by atoms with E-state index in [-0.39, 0.29) is 5.41 Å². The lowest BCUT2D eigenvalue weighted by molar-refractivity contribution is 0.159. The average Bonchev–Trinajstić information content (AvgIpc) is 3.36. The highest BCUT2D eigenvalue weighted by Gasteiger charge is 2.40. The summed E-state index contributed by atoms with van der Waals surface area (Å²) in [5, 5.41) is 0. The summed E-state index contributed by atoms with van der Waals surface area (Å²) >= 11 is 0. The van der Waals surface area contributed by atoms with Crippen molar-refractivity contribution < 1.29 is 23.7 Å². The second kappa shape index (κ2) is 13.6. The highest BCUT2D eigenvalue weighted by atomic mass is 16.5. The van der Waals surface area contributed by atoms with Crippen LogP contribution in [0.5, 0.6) is 23.0 Å². The van der Waals surface area contributed by atoms with E-state index in [1.165, 1.54) is 16.7 Å². The third-order valence-electron chi connectivity index (χ3n) is 8.01. The summed E-state index contributed by atoms with van der Waals surface area (Å²) < 4.78 is 29.6. The Labute approximate surface area is 244 Å². The second-order valence-electron chi connectivity index (χ2n) is 11.1. The first-order valence-electron chi connectivity index (χ1n) is 14.3. The van der Waals surface area contributed by atoms with Crippen molar-refractivity contribution in [3.8, 4) is 23.0 Å². The topological polar surface area (TPSA) is 46.2 Å². The Hall–Kier alpha value is -3.96. The van der Waals surface area contributed by atoms with Crippen LogP contribution in [0.4, 0.5) is 0 Å². The molecule has 0 spiro atoms. The van der Waals surface area contributed by atoms with Crippen molar-refractivity contribution in [1.29, 1.82) is 0 Å². The van der Waals surface area contributed by atoms with Gasteiger partial charge in [0.25, 0.3) is 0 Å². The molecule has 0 bridgehead atoms. The van der Waals surface area contributed by atoms with Gasteiger partial charge in [-0.3, -0.25) is 0 Å². The predicted molar refractivity (Wildman–Crippen MR) is 162 cm³/mol. The van der Waals surface area contributed by atoms with Crippen LogP contribution in [0.15, 0.2) is 97.1 Å². The minimum atomic E-state index is -0.0130. The Balaban J connectivity index is 1.31. The smallest absolute Gasteiger partial charge is 0.161 e. The van der Waals surface area contributed by atoms with Crippen LogP contribution in [-0.4, -0.2) is 34.0 Å². The van der Waals surface area contributed by atoms with Crippen molar-refractivity contribution in [3.63, 3.8) is 0 Å². The van der Waals surface area contributed by atoms with Crippen molar-refractivity contribution in [2.24, 2.45) is 11.3 Å². The molecule has 5 nitrogen and oxygen atoms in total. The maximum atomic E-state index is 6.36. The molecule has 0 saturated carbocycles. The summed E-state index contributed by atoms with van der Waals surface area (Å²) in [5.41, 5.74) is 4.81. The van der Waals surface area contributed by atoms with Crippen molar-refractivity contribution >= 4 is 0 Å². The van der Waals surface area contributed by atoms with E-state index in [0.717, 1.165) is 61.0 Å². The van der Waals surface area contributed by atoms with Crippen LogP contribution in [0.3, 0.4) is 0 Å². The fourth-order valence-corrected chi connectivity index (χ4v) is 5.57. The Morgan fingerprint density at radius 2 is 1.34 bits per heavy atom. The molecule has 1 saturated heterocycles. The molecule has 0 radical (unpaired) electrons. The second-order valence-corrected chi connectivity index (χ2v) is 11.1. The van der Waals surface area contributed by atoms with Gasteiger partial charge in [-0.1, -0.05) is 79.7 Å². The van der Waals surface area contributed by atoms with Crippen LogP contribution in [0.1, 0.15) is 29.2 Å². The fraction of sp³-hybridized carbons (Fsp3) is 0.333. The number of rotatable bonds is 13. The van der Waals surface area contributed by atoms with E-state index < -0.39 is 0 Å². The van der Waals surface area contributed by atoms with Crippen molar-refractivity contribution in [1.82, 2.24) is 0 Å². The van der Waals surface area contributed by atoms with E-state index in [2.05, 4.69) is 73.7 Å². The van der Waals surface area contributed by atoms with Crippen LogP contribution in [0.25, 0.3) is 0 Å². The molecule has 1 aliphatic heterocycles. The monoisotopic (exact) mass is 552 g/mol. The average molecular weight is 553 g/mol. The molecule has 0 unspecified atom stereocenters. The Morgan fingerprint density at radius 3 is 2.07 bits per heavy atom. The van der Waals surface area contributed by atoms with Gasteiger partial charge in [0.1, 0.15) is 6.61 Å². The van der Waals surface area contributed by atoms with Gasteiger partial charge >= 0.3 is 0 Å². The summed E-state index contributed by atoms with van der Waals surface area (Å²) in [7, 11) is 3.34. The van der Waals surface area contributed by atoms with Crippen molar-refractivity contribution in [3.05, 3.63) is 119 Å². The van der Waals surface area contributed by atoms with E-state index in [4.69, 9.17) is 23.7 Å². The van der Waals surface area contributed by atoms with Crippen LogP contribution < -0.4 is 18.9 Å². The van der Waals surface area contributed by atoms with Gasteiger partial charge in [0, 0.05) is 11.8 Å². The lowest BCUT2D eigenvalue weighted by Gasteiger charge is -2.30. The molecular weight excluding hydrogens is 512 g/mol. The fourth-order valence-electron chi connectivity index (χ4n) is 5.57. The van der Waals surface area contributed by atoms with Gasteiger partial charge in [-0.05, 0) is 65.3 Å². The molecule has 214 valence electrons. The van der Waals surface area contributed by atoms with Crippen molar-refractivity contribution in [2.45, 2.75) is 32.8 Å². The zero-order chi connectivity index (χ0) is 28.5. The van der Waals surface area contributed by atoms with Crippen LogP contribution in [0.2, 0.25) is 0 Å². The van der Waals surface area contributed by atoms with Gasteiger partial charge in [-0.15, -0.1) is 0 Å². The van der Waals surface area contributed by atoms with E-state index in [1.54, 1.807) is 14.2 Å². The number of hydrogen-bond acceptors (Lipinski definition) is 5. The van der Waals surface area contributed by atoms with Crippen LogP contribution >= 0.6 is 0 Å². The van der Waals surface area contributed by atoms with Gasteiger partial charge in [-0.25, -0.2) is 0 Å². The quantitative estimate of drug-likeness (QED) is 0.174. The Bertz CT molecular complexity index is 1390. The third kappa shape index (κ3) is 7.42. The van der Waals surface area contributed by atoms with E-state index in [9.17, 15) is 0 Å². The largest absolute Gasteiger partial charge is 0.493 e. The Morgan fingerprint density at radius 1 is 0.683 bits per heavy atom. The molecule has 1 heterocycles. The lowest BCUT2D eigenvalue weighted by atomic mass is 9.73. The molecule has 1 aliphatic rings. The standard InChI is InChI=1S/C36H40O5/c1-36(26-39-25-31(36)20-29-14-16-32(37-2)34(21-29)38-3)23-30-15-17-33(41-24-28-12-8-5-9-13-28)35(22-30)40-19-18-27-10-6-4-7-11-27/h4-17,21-22,31H,18-20,23-26H2,1-3H3/t31-,36-/m0/s1. The molecule has 1 fully saturated rings. The first kappa shape index (κ1) is 28.6. The molecule has 5 rings (SSSR count). The molecule has 4 aromatic rings. The molecular formula is C36H40O5. The molecule has 0 aliphatic carbocycles. The zero-order valence-corrected chi connectivity index (χ0v) is 24.3. The predicted octanol–water partition coefficient (Wildman–Crippen LogP) is 7.34. The van der Waals surface area contributed by atoms with Crippen LogP contribution in [0, 0.1) is 11.3 Å². The highest BCUT2D eigenvalue weighted by Crippen LogP contribution is 2.41. The van der Waals surface area contributed by atoms with E-state index in [1.807, 2.05) is 30.3 Å². The molecule has 41 heavy (non-hydrogen) atoms. The minimum absolute atomic E-state index is 0.0130. The van der Waals surface area contributed by atoms with Gasteiger partial charge in [0.2, 0.25) is 0 Å². The molecule has 0 N–H and O–H groups in total. The molecule has 4 aromatic carbocycles. The number of benzene rings is 4. The first-order chi connectivity index (χ1) is 20.1. The minimum Gasteiger partial charge on any atom is -0.493 e. The molecule has 5 heteroatoms. The number of hydrogen-bond donors (Lipinski definition) is 0. The van der Waals surface area contributed by atoms with Gasteiger partial charge in [-0.2, -0.15) is 0 Å². The summed E-state index contributed by atoms with van der Waals surface area (Å²) in [4.78, 5) is 0. The van der Waals surface area contributed by atoms with E-state index in [0.29, 0.717) is 19.1 Å². The SMILES string of the molecule is COc1ccc(C[C@H]2COC[C@]2(C)Cc2ccc(OCc3ccccc3)c(OCCc3ccccc3)c2)cc1OC. The van der Waals surface area contributed by atoms with E-state index >= 15 is 0 Å². The summed E-state index contributed by atoms with van der Waals surface area (Å²) in [6.45, 7) is 4.87. The molecule has 2 atom stereocenters. The zero-order valence-electron chi connectivity index (χ0n) is 24.3. The first-order valence-corrected chi connectivity index (χ1v) is 14.3.